The van der Waals surface area contributed by atoms with Crippen molar-refractivity contribution in [3.8, 4) is 11.3 Å². The second-order valence-corrected chi connectivity index (χ2v) is 7.66. The highest BCUT2D eigenvalue weighted by Crippen LogP contribution is 2.28. The topological polar surface area (TPSA) is 107 Å². The molecule has 0 unspecified atom stereocenters. The Balaban J connectivity index is 2.00. The van der Waals surface area contributed by atoms with Gasteiger partial charge in [0.2, 0.25) is 0 Å². The molecule has 3 aromatic rings. The van der Waals surface area contributed by atoms with E-state index in [2.05, 4.69) is 15.5 Å². The van der Waals surface area contributed by atoms with Crippen molar-refractivity contribution >= 4 is 23.3 Å². The van der Waals surface area contributed by atoms with Crippen LogP contribution in [0, 0.1) is 11.6 Å². The fraction of sp³-hybridized carbons (Fsp3) is 0.182. The Morgan fingerprint density at radius 1 is 1.00 bits per heavy atom. The normalized spacial score (nSPS) is 11.1. The summed E-state index contributed by atoms with van der Waals surface area (Å²) in [4.78, 5) is 24.1. The molecule has 3 rings (SSSR count). The summed E-state index contributed by atoms with van der Waals surface area (Å²) in [6.07, 6.45) is 0. The van der Waals surface area contributed by atoms with Gasteiger partial charge in [-0.05, 0) is 57.2 Å². The predicted octanol–water partition coefficient (Wildman–Crippen LogP) is 4.22. The third-order valence-corrected chi connectivity index (χ3v) is 4.02. The number of halogens is 2. The summed E-state index contributed by atoms with van der Waals surface area (Å²) >= 11 is 0. The number of hydrogen-bond acceptors (Lipinski definition) is 6. The highest BCUT2D eigenvalue weighted by molar-refractivity contribution is 5.98. The summed E-state index contributed by atoms with van der Waals surface area (Å²) in [7, 11) is 0. The zero-order valence-corrected chi connectivity index (χ0v) is 17.1. The molecular weight excluding hydrogens is 406 g/mol. The Bertz CT molecular complexity index is 1140. The summed E-state index contributed by atoms with van der Waals surface area (Å²) in [6.45, 7) is 5.24. The van der Waals surface area contributed by atoms with Crippen LogP contribution >= 0.6 is 0 Å². The number of primary amides is 1. The zero-order chi connectivity index (χ0) is 22.8. The number of hydrogen-bond donors (Lipinski definition) is 2. The number of nitrogens with two attached hydrogens (primary N) is 1. The first-order valence-corrected chi connectivity index (χ1v) is 9.27. The highest BCUT2D eigenvalue weighted by Gasteiger charge is 2.20. The summed E-state index contributed by atoms with van der Waals surface area (Å²) in [5, 5.41) is 10.4. The summed E-state index contributed by atoms with van der Waals surface area (Å²) in [5.74, 6) is -3.09. The number of anilines is 2. The van der Waals surface area contributed by atoms with Crippen LogP contribution in [-0.2, 0) is 4.74 Å². The van der Waals surface area contributed by atoms with Crippen LogP contribution < -0.4 is 11.1 Å². The number of nitrogens with zero attached hydrogens (tertiary/aromatic N) is 2. The lowest BCUT2D eigenvalue weighted by molar-refractivity contribution is 0.00694. The average Bonchev–Trinajstić information content (AvgIpc) is 2.67. The number of carbonyl (C=O) groups is 2. The molecule has 0 aliphatic rings. The van der Waals surface area contributed by atoms with Crippen molar-refractivity contribution < 1.29 is 23.1 Å². The maximum absolute atomic E-state index is 14.2. The molecule has 1 amide bonds. The monoisotopic (exact) mass is 426 g/mol. The molecule has 0 radical (unpaired) electrons. The molecule has 7 nitrogen and oxygen atoms in total. The Hall–Kier alpha value is -3.88. The number of ether oxygens (including phenoxy) is 1. The highest BCUT2D eigenvalue weighted by atomic mass is 19.1. The minimum absolute atomic E-state index is 0.0708. The van der Waals surface area contributed by atoms with Crippen molar-refractivity contribution in [2.24, 2.45) is 5.73 Å². The van der Waals surface area contributed by atoms with Gasteiger partial charge in [-0.2, -0.15) is 0 Å². The van der Waals surface area contributed by atoms with E-state index in [4.69, 9.17) is 10.5 Å². The molecule has 0 aliphatic carbocycles. The first-order valence-electron chi connectivity index (χ1n) is 9.27. The minimum atomic E-state index is -0.890. The van der Waals surface area contributed by atoms with Gasteiger partial charge in [-0.3, -0.25) is 4.79 Å². The van der Waals surface area contributed by atoms with E-state index >= 15 is 0 Å². The van der Waals surface area contributed by atoms with Crippen LogP contribution in [0.5, 0.6) is 0 Å². The zero-order valence-electron chi connectivity index (χ0n) is 17.1. The molecule has 0 fully saturated rings. The maximum atomic E-state index is 14.2. The molecule has 1 heterocycles. The van der Waals surface area contributed by atoms with Gasteiger partial charge >= 0.3 is 5.97 Å². The summed E-state index contributed by atoms with van der Waals surface area (Å²) in [5.41, 5.74) is 4.67. The van der Waals surface area contributed by atoms with Crippen molar-refractivity contribution in [2.45, 2.75) is 26.4 Å². The van der Waals surface area contributed by atoms with E-state index < -0.39 is 34.7 Å². The van der Waals surface area contributed by atoms with Gasteiger partial charge in [0.05, 0.1) is 16.8 Å². The van der Waals surface area contributed by atoms with Gasteiger partial charge in [0.25, 0.3) is 5.91 Å². The van der Waals surface area contributed by atoms with Crippen LogP contribution in [0.25, 0.3) is 11.3 Å². The molecule has 0 saturated heterocycles. The second-order valence-electron chi connectivity index (χ2n) is 7.66. The van der Waals surface area contributed by atoms with Gasteiger partial charge in [0.1, 0.15) is 22.9 Å². The van der Waals surface area contributed by atoms with Gasteiger partial charge < -0.3 is 15.8 Å². The Morgan fingerprint density at radius 3 is 2.26 bits per heavy atom. The average molecular weight is 426 g/mol. The van der Waals surface area contributed by atoms with Crippen molar-refractivity contribution in [1.82, 2.24) is 10.2 Å². The summed E-state index contributed by atoms with van der Waals surface area (Å²) in [6, 6.07) is 11.0. The van der Waals surface area contributed by atoms with E-state index in [9.17, 15) is 18.4 Å². The molecule has 2 aromatic carbocycles. The van der Waals surface area contributed by atoms with E-state index in [1.807, 2.05) is 0 Å². The van der Waals surface area contributed by atoms with Crippen LogP contribution in [-0.4, -0.2) is 27.7 Å². The van der Waals surface area contributed by atoms with E-state index in [0.717, 1.165) is 12.1 Å². The minimum Gasteiger partial charge on any atom is -0.456 e. The molecule has 9 heteroatoms. The Morgan fingerprint density at radius 2 is 1.65 bits per heavy atom. The van der Waals surface area contributed by atoms with Crippen molar-refractivity contribution in [2.75, 3.05) is 5.32 Å². The maximum Gasteiger partial charge on any atom is 0.338 e. The van der Waals surface area contributed by atoms with Crippen LogP contribution in [0.15, 0.2) is 48.5 Å². The van der Waals surface area contributed by atoms with Crippen LogP contribution in [0.4, 0.5) is 20.2 Å². The van der Waals surface area contributed by atoms with Gasteiger partial charge in [-0.1, -0.05) is 12.1 Å². The molecule has 0 atom stereocenters. The largest absolute Gasteiger partial charge is 0.456 e. The lowest BCUT2D eigenvalue weighted by Crippen LogP contribution is -2.23. The van der Waals surface area contributed by atoms with Crippen LogP contribution in [0.3, 0.4) is 0 Å². The molecule has 160 valence electrons. The number of amides is 1. The lowest BCUT2D eigenvalue weighted by Gasteiger charge is -2.19. The smallest absolute Gasteiger partial charge is 0.338 e. The molecule has 0 spiro atoms. The van der Waals surface area contributed by atoms with Crippen LogP contribution in [0.1, 0.15) is 41.6 Å². The lowest BCUT2D eigenvalue weighted by atomic mass is 10.1. The van der Waals surface area contributed by atoms with E-state index in [1.165, 1.54) is 18.2 Å². The fourth-order valence-corrected chi connectivity index (χ4v) is 2.75. The van der Waals surface area contributed by atoms with Gasteiger partial charge in [0.15, 0.2) is 5.69 Å². The molecule has 3 N–H and O–H groups in total. The molecule has 0 aliphatic heterocycles. The standard InChI is InChI=1S/C22H20F2N4O3/c1-22(2,3)31-21(30)12-6-4-7-13(10-12)26-17-11-16(27-28-19(17)20(25)29)18-14(23)8-5-9-15(18)24/h4-11H,1-3H3,(H2,25,29)(H,26,27). The quantitative estimate of drug-likeness (QED) is 0.592. The summed E-state index contributed by atoms with van der Waals surface area (Å²) < 4.78 is 33.7. The molecule has 0 bridgehead atoms. The number of rotatable bonds is 5. The van der Waals surface area contributed by atoms with Gasteiger partial charge in [0, 0.05) is 5.69 Å². The Kier molecular flexibility index (Phi) is 5.96. The second kappa shape index (κ2) is 8.47. The molecular formula is C22H20F2N4O3. The van der Waals surface area contributed by atoms with E-state index in [-0.39, 0.29) is 22.6 Å². The number of carbonyl (C=O) groups excluding carboxylic acids is 2. The molecule has 31 heavy (non-hydrogen) atoms. The van der Waals surface area contributed by atoms with Gasteiger partial charge in [-0.25, -0.2) is 13.6 Å². The van der Waals surface area contributed by atoms with Gasteiger partial charge in [-0.15, -0.1) is 10.2 Å². The van der Waals surface area contributed by atoms with E-state index in [0.29, 0.717) is 5.69 Å². The SMILES string of the molecule is CC(C)(C)OC(=O)c1cccc(Nc2cc(-c3c(F)cccc3F)nnc2C(N)=O)c1. The van der Waals surface area contributed by atoms with E-state index in [1.54, 1.807) is 39.0 Å². The van der Waals surface area contributed by atoms with Crippen LogP contribution in [0.2, 0.25) is 0 Å². The number of nitrogens with one attached hydrogen (secondary N) is 1. The molecule has 0 saturated carbocycles. The first kappa shape index (κ1) is 21.8. The van der Waals surface area contributed by atoms with Crippen molar-refractivity contribution in [3.63, 3.8) is 0 Å². The predicted molar refractivity (Wildman–Crippen MR) is 111 cm³/mol. The number of aromatic nitrogens is 2. The van der Waals surface area contributed by atoms with Crippen molar-refractivity contribution in [3.05, 3.63) is 71.4 Å². The number of esters is 1. The third-order valence-electron chi connectivity index (χ3n) is 4.02. The Labute approximate surface area is 177 Å². The fourth-order valence-electron chi connectivity index (χ4n) is 2.75. The third kappa shape index (κ3) is 5.19. The number of benzene rings is 2. The van der Waals surface area contributed by atoms with Crippen molar-refractivity contribution in [1.29, 1.82) is 0 Å². The first-order chi connectivity index (χ1) is 14.5. The molecule has 1 aromatic heterocycles.